The smallest absolute Gasteiger partial charge is 0.347 e. The Morgan fingerprint density at radius 1 is 1.14 bits per heavy atom. The highest BCUT2D eigenvalue weighted by molar-refractivity contribution is 5.94. The molecule has 7 nitrogen and oxygen atoms in total. The SMILES string of the molecule is CCn1cc(C(C)N2C(=O)c3ccc(-n4cnc(C)c4)c(=O)n3CC2C)c2cc(C(F)(F)F)ccc21. The third-order valence-electron chi connectivity index (χ3n) is 6.97. The first-order chi connectivity index (χ1) is 17.0. The van der Waals surface area contributed by atoms with Crippen LogP contribution in [0.25, 0.3) is 16.6 Å². The first-order valence-electron chi connectivity index (χ1n) is 11.8. The molecule has 0 N–H and O–H groups in total. The van der Waals surface area contributed by atoms with E-state index in [9.17, 15) is 22.8 Å². The van der Waals surface area contributed by atoms with E-state index in [0.717, 1.165) is 17.8 Å². The summed E-state index contributed by atoms with van der Waals surface area (Å²) in [6, 6.07) is 6.08. The lowest BCUT2D eigenvalue weighted by Gasteiger charge is -2.39. The fraction of sp³-hybridized carbons (Fsp3) is 0.346. The Morgan fingerprint density at radius 3 is 2.53 bits per heavy atom. The first-order valence-corrected chi connectivity index (χ1v) is 11.8. The molecule has 4 heterocycles. The standard InChI is InChI=1S/C26H26F3N5O2/c1-5-31-13-20(19-10-18(26(27,28)29)6-7-21(19)31)17(4)34-16(3)12-33-23(25(34)36)9-8-22(24(33)35)32-11-15(2)30-14-32/h6-11,13-14,16-17H,5,12H2,1-4H3. The van der Waals surface area contributed by atoms with Gasteiger partial charge in [0, 0.05) is 42.4 Å². The van der Waals surface area contributed by atoms with Gasteiger partial charge in [0.15, 0.2) is 0 Å². The van der Waals surface area contributed by atoms with Crippen LogP contribution in [0.15, 0.2) is 53.8 Å². The second kappa shape index (κ2) is 8.39. The first kappa shape index (κ1) is 23.9. The Hall–Kier alpha value is -3.82. The molecular weight excluding hydrogens is 471 g/mol. The predicted octanol–water partition coefficient (Wildman–Crippen LogP) is 4.94. The van der Waals surface area contributed by atoms with Crippen molar-refractivity contribution in [2.24, 2.45) is 0 Å². The fourth-order valence-corrected chi connectivity index (χ4v) is 5.17. The van der Waals surface area contributed by atoms with Gasteiger partial charge in [-0.2, -0.15) is 13.2 Å². The van der Waals surface area contributed by atoms with Gasteiger partial charge in [-0.3, -0.25) is 9.59 Å². The summed E-state index contributed by atoms with van der Waals surface area (Å²) in [6.07, 6.45) is 0.648. The zero-order valence-corrected chi connectivity index (χ0v) is 20.4. The van der Waals surface area contributed by atoms with Crippen LogP contribution in [0.1, 0.15) is 54.1 Å². The maximum atomic E-state index is 13.6. The van der Waals surface area contributed by atoms with E-state index in [4.69, 9.17) is 0 Å². The van der Waals surface area contributed by atoms with Crippen LogP contribution >= 0.6 is 0 Å². The van der Waals surface area contributed by atoms with Crippen LogP contribution in [0.3, 0.4) is 0 Å². The molecule has 5 rings (SSSR count). The van der Waals surface area contributed by atoms with Gasteiger partial charge in [0.25, 0.3) is 11.5 Å². The average Bonchev–Trinajstić information content (AvgIpc) is 3.42. The van der Waals surface area contributed by atoms with Crippen molar-refractivity contribution in [2.75, 3.05) is 0 Å². The van der Waals surface area contributed by atoms with Gasteiger partial charge in [-0.05, 0) is 63.6 Å². The maximum absolute atomic E-state index is 13.6. The molecule has 0 bridgehead atoms. The Kier molecular flexibility index (Phi) is 5.57. The number of carbonyl (C=O) groups excluding carboxylic acids is 1. The Labute approximate surface area is 205 Å². The number of imidazole rings is 1. The molecule has 10 heteroatoms. The normalized spacial score (nSPS) is 17.0. The van der Waals surface area contributed by atoms with E-state index < -0.39 is 17.8 Å². The van der Waals surface area contributed by atoms with Gasteiger partial charge in [-0.15, -0.1) is 0 Å². The number of rotatable bonds is 4. The lowest BCUT2D eigenvalue weighted by atomic mass is 10.0. The van der Waals surface area contributed by atoms with Gasteiger partial charge < -0.3 is 18.6 Å². The molecule has 0 aliphatic carbocycles. The molecule has 1 aromatic carbocycles. The summed E-state index contributed by atoms with van der Waals surface area (Å²) >= 11 is 0. The van der Waals surface area contributed by atoms with Gasteiger partial charge in [0.2, 0.25) is 0 Å². The number of amides is 1. The van der Waals surface area contributed by atoms with Crippen molar-refractivity contribution in [1.29, 1.82) is 0 Å². The second-order valence-corrected chi connectivity index (χ2v) is 9.28. The lowest BCUT2D eigenvalue weighted by molar-refractivity contribution is -0.137. The van der Waals surface area contributed by atoms with Gasteiger partial charge >= 0.3 is 6.18 Å². The number of hydrogen-bond acceptors (Lipinski definition) is 3. The highest BCUT2D eigenvalue weighted by atomic mass is 19.4. The van der Waals surface area contributed by atoms with Crippen molar-refractivity contribution >= 4 is 16.8 Å². The molecule has 1 amide bonds. The van der Waals surface area contributed by atoms with Crippen molar-refractivity contribution in [3.05, 3.63) is 81.9 Å². The summed E-state index contributed by atoms with van der Waals surface area (Å²) in [6.45, 7) is 8.25. The van der Waals surface area contributed by atoms with Crippen molar-refractivity contribution in [2.45, 2.75) is 59.0 Å². The van der Waals surface area contributed by atoms with Crippen LogP contribution in [-0.4, -0.2) is 35.5 Å². The number of hydrogen-bond donors (Lipinski definition) is 0. The molecule has 1 aliphatic heterocycles. The molecule has 0 saturated carbocycles. The number of carbonyl (C=O) groups is 1. The van der Waals surface area contributed by atoms with E-state index in [-0.39, 0.29) is 29.7 Å². The molecule has 0 saturated heterocycles. The number of alkyl halides is 3. The van der Waals surface area contributed by atoms with Crippen LogP contribution in [0.4, 0.5) is 13.2 Å². The molecule has 2 atom stereocenters. The minimum atomic E-state index is -4.47. The quantitative estimate of drug-likeness (QED) is 0.401. The molecule has 3 aromatic heterocycles. The van der Waals surface area contributed by atoms with E-state index in [0.29, 0.717) is 28.7 Å². The number of nitrogens with zero attached hydrogens (tertiary/aromatic N) is 5. The van der Waals surface area contributed by atoms with Crippen LogP contribution in [0.5, 0.6) is 0 Å². The van der Waals surface area contributed by atoms with Gasteiger partial charge in [-0.1, -0.05) is 0 Å². The Balaban J connectivity index is 1.57. The topological polar surface area (TPSA) is 65.1 Å². The number of aryl methyl sites for hydroxylation is 2. The second-order valence-electron chi connectivity index (χ2n) is 9.28. The van der Waals surface area contributed by atoms with Crippen LogP contribution in [0, 0.1) is 6.92 Å². The summed E-state index contributed by atoms with van der Waals surface area (Å²) in [7, 11) is 0. The molecule has 4 aromatic rings. The highest BCUT2D eigenvalue weighted by Crippen LogP contribution is 2.37. The highest BCUT2D eigenvalue weighted by Gasteiger charge is 2.36. The zero-order chi connectivity index (χ0) is 25.9. The number of pyridine rings is 1. The number of benzene rings is 1. The minimum absolute atomic E-state index is 0.251. The molecule has 1 aliphatic rings. The number of aromatic nitrogens is 4. The third-order valence-corrected chi connectivity index (χ3v) is 6.97. The summed E-state index contributed by atoms with van der Waals surface area (Å²) in [5.41, 5.74) is 1.71. The van der Waals surface area contributed by atoms with Gasteiger partial charge in [-0.25, -0.2) is 4.98 Å². The summed E-state index contributed by atoms with van der Waals surface area (Å²) in [4.78, 5) is 32.7. The van der Waals surface area contributed by atoms with E-state index in [1.807, 2.05) is 38.5 Å². The number of fused-ring (bicyclic) bond motifs is 2. The van der Waals surface area contributed by atoms with Crippen molar-refractivity contribution in [3.8, 4) is 5.69 Å². The summed E-state index contributed by atoms with van der Waals surface area (Å²) in [5, 5.41) is 0.466. The Morgan fingerprint density at radius 2 is 1.89 bits per heavy atom. The zero-order valence-electron chi connectivity index (χ0n) is 20.4. The molecule has 0 fully saturated rings. The van der Waals surface area contributed by atoms with E-state index in [2.05, 4.69) is 4.98 Å². The van der Waals surface area contributed by atoms with Crippen molar-refractivity contribution in [1.82, 2.24) is 23.6 Å². The van der Waals surface area contributed by atoms with Crippen molar-refractivity contribution in [3.63, 3.8) is 0 Å². The van der Waals surface area contributed by atoms with E-state index >= 15 is 0 Å². The predicted molar refractivity (Wildman–Crippen MR) is 129 cm³/mol. The van der Waals surface area contributed by atoms with Crippen molar-refractivity contribution < 1.29 is 18.0 Å². The maximum Gasteiger partial charge on any atom is 0.416 e. The van der Waals surface area contributed by atoms with Gasteiger partial charge in [0.1, 0.15) is 11.4 Å². The summed E-state index contributed by atoms with van der Waals surface area (Å²) < 4.78 is 45.4. The minimum Gasteiger partial charge on any atom is -0.347 e. The average molecular weight is 498 g/mol. The largest absolute Gasteiger partial charge is 0.416 e. The van der Waals surface area contributed by atoms with Crippen LogP contribution in [-0.2, 0) is 19.3 Å². The van der Waals surface area contributed by atoms with E-state index in [1.54, 1.807) is 34.1 Å². The van der Waals surface area contributed by atoms with E-state index in [1.165, 1.54) is 10.6 Å². The van der Waals surface area contributed by atoms with Gasteiger partial charge in [0.05, 0.1) is 23.6 Å². The van der Waals surface area contributed by atoms with Crippen LogP contribution < -0.4 is 5.56 Å². The molecule has 0 radical (unpaired) electrons. The lowest BCUT2D eigenvalue weighted by Crippen LogP contribution is -2.50. The van der Waals surface area contributed by atoms with Crippen LogP contribution in [0.2, 0.25) is 0 Å². The molecular formula is C26H26F3N5O2. The molecule has 188 valence electrons. The summed E-state index contributed by atoms with van der Waals surface area (Å²) in [5.74, 6) is -0.337. The molecule has 0 spiro atoms. The Bertz CT molecular complexity index is 1550. The number of halogens is 3. The fourth-order valence-electron chi connectivity index (χ4n) is 5.17. The molecule has 2 unspecified atom stereocenters. The molecule has 36 heavy (non-hydrogen) atoms. The third kappa shape index (κ3) is 3.71. The monoisotopic (exact) mass is 497 g/mol.